The zero-order valence-corrected chi connectivity index (χ0v) is 17.6. The van der Waals surface area contributed by atoms with Crippen molar-refractivity contribution in [1.82, 2.24) is 19.7 Å². The molecule has 3 rings (SSSR count). The SMILES string of the molecule is COc1ccc(CN(C)C(=O)CSc2n[nH]c(=O)n2CCc2ccccc2)cc1F. The van der Waals surface area contributed by atoms with Crippen molar-refractivity contribution >= 4 is 17.7 Å². The van der Waals surface area contributed by atoms with Gasteiger partial charge in [-0.1, -0.05) is 48.2 Å². The van der Waals surface area contributed by atoms with E-state index in [1.165, 1.54) is 40.5 Å². The molecule has 0 saturated heterocycles. The number of thioether (sulfide) groups is 1. The van der Waals surface area contributed by atoms with Gasteiger partial charge >= 0.3 is 5.69 Å². The van der Waals surface area contributed by atoms with Gasteiger partial charge in [0.25, 0.3) is 0 Å². The minimum absolute atomic E-state index is 0.116. The Kier molecular flexibility index (Phi) is 7.29. The van der Waals surface area contributed by atoms with E-state index in [1.807, 2.05) is 30.3 Å². The van der Waals surface area contributed by atoms with Gasteiger partial charge in [-0.3, -0.25) is 9.36 Å². The largest absolute Gasteiger partial charge is 0.494 e. The second kappa shape index (κ2) is 10.1. The summed E-state index contributed by atoms with van der Waals surface area (Å²) in [5.41, 5.74) is 1.47. The number of ether oxygens (including phenoxy) is 1. The molecule has 0 bridgehead atoms. The van der Waals surface area contributed by atoms with E-state index in [1.54, 1.807) is 13.1 Å². The van der Waals surface area contributed by atoms with Crippen LogP contribution in [-0.4, -0.2) is 45.5 Å². The first-order valence-electron chi connectivity index (χ1n) is 9.36. The van der Waals surface area contributed by atoms with E-state index in [4.69, 9.17) is 4.74 Å². The quantitative estimate of drug-likeness (QED) is 0.528. The van der Waals surface area contributed by atoms with E-state index >= 15 is 0 Å². The molecule has 0 aliphatic carbocycles. The zero-order chi connectivity index (χ0) is 21.5. The Hall–Kier alpha value is -3.07. The van der Waals surface area contributed by atoms with Gasteiger partial charge in [0.2, 0.25) is 5.91 Å². The Morgan fingerprint density at radius 2 is 2.00 bits per heavy atom. The molecular formula is C21H23FN4O3S. The van der Waals surface area contributed by atoms with Crippen LogP contribution in [0.25, 0.3) is 0 Å². The molecule has 0 atom stereocenters. The van der Waals surface area contributed by atoms with Crippen molar-refractivity contribution in [1.29, 1.82) is 0 Å². The number of methoxy groups -OCH3 is 1. The van der Waals surface area contributed by atoms with E-state index in [9.17, 15) is 14.0 Å². The molecule has 1 heterocycles. The highest BCUT2D eigenvalue weighted by Gasteiger charge is 2.15. The summed E-state index contributed by atoms with van der Waals surface area (Å²) in [4.78, 5) is 26.1. The van der Waals surface area contributed by atoms with Crippen LogP contribution >= 0.6 is 11.8 Å². The number of amides is 1. The van der Waals surface area contributed by atoms with Crippen LogP contribution in [0.5, 0.6) is 5.75 Å². The van der Waals surface area contributed by atoms with Gasteiger partial charge in [0.15, 0.2) is 16.7 Å². The van der Waals surface area contributed by atoms with Crippen molar-refractivity contribution in [2.45, 2.75) is 24.7 Å². The smallest absolute Gasteiger partial charge is 0.343 e. The number of carbonyl (C=O) groups excluding carboxylic acids is 1. The Labute approximate surface area is 177 Å². The van der Waals surface area contributed by atoms with Crippen LogP contribution in [0, 0.1) is 5.82 Å². The lowest BCUT2D eigenvalue weighted by Gasteiger charge is -2.17. The molecule has 3 aromatic rings. The number of aryl methyl sites for hydroxylation is 1. The number of nitrogens with zero attached hydrogens (tertiary/aromatic N) is 3. The Bertz CT molecular complexity index is 1050. The topological polar surface area (TPSA) is 80.2 Å². The standard InChI is InChI=1S/C21H23FN4O3S/c1-25(13-16-8-9-18(29-2)17(22)12-16)19(27)14-30-21-24-23-20(28)26(21)11-10-15-6-4-3-5-7-15/h3-9,12H,10-11,13-14H2,1-2H3,(H,23,28). The first kappa shape index (κ1) is 21.6. The number of benzene rings is 2. The number of nitrogens with one attached hydrogen (secondary N) is 1. The van der Waals surface area contributed by atoms with Gasteiger partial charge < -0.3 is 9.64 Å². The first-order chi connectivity index (χ1) is 14.5. The molecule has 1 amide bonds. The van der Waals surface area contributed by atoms with Crippen LogP contribution in [0.2, 0.25) is 0 Å². The van der Waals surface area contributed by atoms with Gasteiger partial charge in [-0.2, -0.15) is 0 Å². The number of carbonyl (C=O) groups is 1. The maximum absolute atomic E-state index is 13.8. The van der Waals surface area contributed by atoms with E-state index in [2.05, 4.69) is 10.2 Å². The maximum atomic E-state index is 13.8. The summed E-state index contributed by atoms with van der Waals surface area (Å²) < 4.78 is 20.3. The number of aromatic nitrogens is 3. The summed E-state index contributed by atoms with van der Waals surface area (Å²) in [5.74, 6) is -0.342. The van der Waals surface area contributed by atoms with Crippen molar-refractivity contribution in [3.05, 3.63) is 76.0 Å². The molecule has 0 spiro atoms. The third-order valence-corrected chi connectivity index (χ3v) is 5.54. The minimum Gasteiger partial charge on any atom is -0.494 e. The molecular weight excluding hydrogens is 407 g/mol. The van der Waals surface area contributed by atoms with Crippen LogP contribution in [0.3, 0.4) is 0 Å². The molecule has 0 radical (unpaired) electrons. The normalized spacial score (nSPS) is 10.8. The molecule has 0 aliphatic rings. The predicted octanol–water partition coefficient (Wildman–Crippen LogP) is 2.71. The van der Waals surface area contributed by atoms with E-state index < -0.39 is 5.82 Å². The molecule has 0 fully saturated rings. The molecule has 30 heavy (non-hydrogen) atoms. The number of aromatic amines is 1. The molecule has 1 N–H and O–H groups in total. The summed E-state index contributed by atoms with van der Waals surface area (Å²) in [7, 11) is 3.05. The van der Waals surface area contributed by atoms with Crippen LogP contribution < -0.4 is 10.4 Å². The van der Waals surface area contributed by atoms with Crippen molar-refractivity contribution in [2.24, 2.45) is 0 Å². The third-order valence-electron chi connectivity index (χ3n) is 4.58. The molecule has 9 heteroatoms. The lowest BCUT2D eigenvalue weighted by Crippen LogP contribution is -2.28. The van der Waals surface area contributed by atoms with Gasteiger partial charge in [0, 0.05) is 20.1 Å². The summed E-state index contributed by atoms with van der Waals surface area (Å²) in [6.07, 6.45) is 0.685. The van der Waals surface area contributed by atoms with Crippen molar-refractivity contribution in [3.8, 4) is 5.75 Å². The fourth-order valence-electron chi connectivity index (χ4n) is 2.90. The molecule has 7 nitrogen and oxygen atoms in total. The summed E-state index contributed by atoms with van der Waals surface area (Å²) >= 11 is 1.19. The third kappa shape index (κ3) is 5.50. The van der Waals surface area contributed by atoms with Gasteiger partial charge in [0.1, 0.15) is 0 Å². The highest BCUT2D eigenvalue weighted by molar-refractivity contribution is 7.99. The molecule has 0 saturated carbocycles. The van der Waals surface area contributed by atoms with Crippen LogP contribution in [0.15, 0.2) is 58.5 Å². The highest BCUT2D eigenvalue weighted by Crippen LogP contribution is 2.19. The summed E-state index contributed by atoms with van der Waals surface area (Å²) in [6.45, 7) is 0.735. The lowest BCUT2D eigenvalue weighted by atomic mass is 10.1. The van der Waals surface area contributed by atoms with Gasteiger partial charge in [-0.05, 0) is 29.7 Å². The first-order valence-corrected chi connectivity index (χ1v) is 10.3. The molecule has 0 unspecified atom stereocenters. The second-order valence-corrected chi connectivity index (χ2v) is 7.65. The van der Waals surface area contributed by atoms with E-state index in [0.717, 1.165) is 5.56 Å². The minimum atomic E-state index is -0.468. The number of hydrogen-bond donors (Lipinski definition) is 1. The predicted molar refractivity (Wildman–Crippen MR) is 113 cm³/mol. The second-order valence-electron chi connectivity index (χ2n) is 6.71. The highest BCUT2D eigenvalue weighted by atomic mass is 32.2. The Balaban J connectivity index is 1.56. The Morgan fingerprint density at radius 1 is 1.23 bits per heavy atom. The van der Waals surface area contributed by atoms with E-state index in [-0.39, 0.29) is 29.6 Å². The summed E-state index contributed by atoms with van der Waals surface area (Å²) in [5, 5.41) is 6.94. The van der Waals surface area contributed by atoms with Crippen molar-refractivity contribution in [2.75, 3.05) is 19.9 Å². The Morgan fingerprint density at radius 3 is 2.70 bits per heavy atom. The van der Waals surface area contributed by atoms with Gasteiger partial charge in [0.05, 0.1) is 12.9 Å². The van der Waals surface area contributed by atoms with Crippen molar-refractivity contribution in [3.63, 3.8) is 0 Å². The number of H-pyrrole nitrogens is 1. The number of halogens is 1. The van der Waals surface area contributed by atoms with Gasteiger partial charge in [-0.15, -0.1) is 5.10 Å². The summed E-state index contributed by atoms with van der Waals surface area (Å²) in [6, 6.07) is 14.4. The average Bonchev–Trinajstić information content (AvgIpc) is 3.10. The zero-order valence-electron chi connectivity index (χ0n) is 16.8. The van der Waals surface area contributed by atoms with Crippen LogP contribution in [-0.2, 0) is 24.3 Å². The average molecular weight is 431 g/mol. The van der Waals surface area contributed by atoms with Crippen LogP contribution in [0.1, 0.15) is 11.1 Å². The molecule has 1 aromatic heterocycles. The van der Waals surface area contributed by atoms with Crippen LogP contribution in [0.4, 0.5) is 4.39 Å². The number of rotatable bonds is 9. The monoisotopic (exact) mass is 430 g/mol. The van der Waals surface area contributed by atoms with E-state index in [0.29, 0.717) is 23.7 Å². The van der Waals surface area contributed by atoms with Gasteiger partial charge in [-0.25, -0.2) is 14.3 Å². The fourth-order valence-corrected chi connectivity index (χ4v) is 3.82. The fraction of sp³-hybridized carbons (Fsp3) is 0.286. The molecule has 2 aromatic carbocycles. The van der Waals surface area contributed by atoms with Crippen molar-refractivity contribution < 1.29 is 13.9 Å². The lowest BCUT2D eigenvalue weighted by molar-refractivity contribution is -0.127. The maximum Gasteiger partial charge on any atom is 0.343 e. The number of hydrogen-bond acceptors (Lipinski definition) is 5. The molecule has 0 aliphatic heterocycles. The molecule has 158 valence electrons.